The molecule has 0 aromatic heterocycles. The van der Waals surface area contributed by atoms with Gasteiger partial charge in [-0.15, -0.1) is 0 Å². The summed E-state index contributed by atoms with van der Waals surface area (Å²) < 4.78 is 5.22. The summed E-state index contributed by atoms with van der Waals surface area (Å²) >= 11 is 0. The summed E-state index contributed by atoms with van der Waals surface area (Å²) in [6.45, 7) is 6.43. The Labute approximate surface area is 183 Å². The van der Waals surface area contributed by atoms with Crippen molar-refractivity contribution >= 4 is 23.5 Å². The van der Waals surface area contributed by atoms with Gasteiger partial charge in [0.2, 0.25) is 5.91 Å². The number of benzene rings is 2. The molecule has 0 spiro atoms. The van der Waals surface area contributed by atoms with Crippen LogP contribution in [0.5, 0.6) is 0 Å². The molecule has 1 N–H and O–H groups in total. The van der Waals surface area contributed by atoms with Crippen LogP contribution in [-0.2, 0) is 19.1 Å². The fourth-order valence-corrected chi connectivity index (χ4v) is 3.62. The first-order chi connectivity index (χ1) is 14.7. The van der Waals surface area contributed by atoms with Gasteiger partial charge in [0.15, 0.2) is 6.61 Å². The number of nitrogens with zero attached hydrogens (tertiary/aromatic N) is 1. The van der Waals surface area contributed by atoms with E-state index in [0.717, 1.165) is 11.1 Å². The maximum Gasteiger partial charge on any atom is 0.309 e. The van der Waals surface area contributed by atoms with Crippen LogP contribution in [0, 0.1) is 11.3 Å². The molecule has 0 unspecified atom stereocenters. The molecular formula is C25H30N2O4. The minimum absolute atomic E-state index is 0.0944. The molecule has 1 fully saturated rings. The van der Waals surface area contributed by atoms with E-state index in [0.29, 0.717) is 31.6 Å². The number of hydrogen-bond acceptors (Lipinski definition) is 4. The number of rotatable bonds is 5. The van der Waals surface area contributed by atoms with E-state index in [9.17, 15) is 14.4 Å². The SMILES string of the molecule is CC(C)(C)C(=O)N1CCC(C(=O)OCC(=O)Nc2ccc(-c3ccccc3)cc2)CC1. The zero-order chi connectivity index (χ0) is 22.4. The van der Waals surface area contributed by atoms with Gasteiger partial charge in [0.05, 0.1) is 5.92 Å². The Morgan fingerprint density at radius 3 is 2.10 bits per heavy atom. The van der Waals surface area contributed by atoms with Gasteiger partial charge in [0, 0.05) is 24.2 Å². The Bertz CT molecular complexity index is 909. The summed E-state index contributed by atoms with van der Waals surface area (Å²) in [6.07, 6.45) is 1.12. The predicted octanol–water partition coefficient (Wildman–Crippen LogP) is 4.12. The molecule has 1 aliphatic heterocycles. The van der Waals surface area contributed by atoms with Crippen LogP contribution in [-0.4, -0.2) is 42.4 Å². The number of carbonyl (C=O) groups excluding carboxylic acids is 3. The molecule has 0 aliphatic carbocycles. The molecule has 0 atom stereocenters. The van der Waals surface area contributed by atoms with Crippen LogP contribution in [0.15, 0.2) is 54.6 Å². The lowest BCUT2D eigenvalue weighted by molar-refractivity contribution is -0.155. The van der Waals surface area contributed by atoms with Crippen molar-refractivity contribution in [2.24, 2.45) is 11.3 Å². The van der Waals surface area contributed by atoms with E-state index >= 15 is 0 Å². The highest BCUT2D eigenvalue weighted by Gasteiger charge is 2.33. The van der Waals surface area contributed by atoms with Crippen molar-refractivity contribution in [3.63, 3.8) is 0 Å². The van der Waals surface area contributed by atoms with Crippen molar-refractivity contribution in [2.45, 2.75) is 33.6 Å². The summed E-state index contributed by atoms with van der Waals surface area (Å²) in [4.78, 5) is 38.6. The van der Waals surface area contributed by atoms with Crippen molar-refractivity contribution in [1.82, 2.24) is 4.90 Å². The van der Waals surface area contributed by atoms with E-state index in [1.54, 1.807) is 4.90 Å². The van der Waals surface area contributed by atoms with Gasteiger partial charge in [0.25, 0.3) is 5.91 Å². The van der Waals surface area contributed by atoms with E-state index in [-0.39, 0.29) is 30.3 Å². The largest absolute Gasteiger partial charge is 0.455 e. The van der Waals surface area contributed by atoms with Gasteiger partial charge in [-0.1, -0.05) is 63.2 Å². The summed E-state index contributed by atoms with van der Waals surface area (Å²) in [5, 5.41) is 2.75. The van der Waals surface area contributed by atoms with Gasteiger partial charge in [-0.2, -0.15) is 0 Å². The number of hydrogen-bond donors (Lipinski definition) is 1. The average Bonchev–Trinajstić information content (AvgIpc) is 2.77. The molecule has 1 heterocycles. The molecule has 0 radical (unpaired) electrons. The molecule has 31 heavy (non-hydrogen) atoms. The molecule has 164 valence electrons. The zero-order valence-electron chi connectivity index (χ0n) is 18.4. The third kappa shape index (κ3) is 6.17. The lowest BCUT2D eigenvalue weighted by Gasteiger charge is -2.34. The molecule has 6 nitrogen and oxygen atoms in total. The topological polar surface area (TPSA) is 75.7 Å². The average molecular weight is 423 g/mol. The Morgan fingerprint density at radius 2 is 1.52 bits per heavy atom. The molecule has 6 heteroatoms. The van der Waals surface area contributed by atoms with Gasteiger partial charge < -0.3 is 15.0 Å². The van der Waals surface area contributed by atoms with E-state index in [1.165, 1.54) is 0 Å². The van der Waals surface area contributed by atoms with E-state index < -0.39 is 5.41 Å². The molecule has 3 rings (SSSR count). The highest BCUT2D eigenvalue weighted by molar-refractivity contribution is 5.93. The number of nitrogens with one attached hydrogen (secondary N) is 1. The molecular weight excluding hydrogens is 392 g/mol. The third-order valence-electron chi connectivity index (χ3n) is 5.38. The van der Waals surface area contributed by atoms with E-state index in [4.69, 9.17) is 4.74 Å². The van der Waals surface area contributed by atoms with E-state index in [2.05, 4.69) is 5.32 Å². The highest BCUT2D eigenvalue weighted by atomic mass is 16.5. The van der Waals surface area contributed by atoms with Crippen LogP contribution < -0.4 is 5.32 Å². The first-order valence-corrected chi connectivity index (χ1v) is 10.7. The Balaban J connectivity index is 1.43. The maximum atomic E-state index is 12.3. The van der Waals surface area contributed by atoms with Crippen molar-refractivity contribution in [2.75, 3.05) is 25.0 Å². The number of esters is 1. The van der Waals surface area contributed by atoms with Crippen LogP contribution in [0.4, 0.5) is 5.69 Å². The first-order valence-electron chi connectivity index (χ1n) is 10.7. The second kappa shape index (κ2) is 9.77. The third-order valence-corrected chi connectivity index (χ3v) is 5.38. The lowest BCUT2D eigenvalue weighted by atomic mass is 9.91. The van der Waals surface area contributed by atoms with Gasteiger partial charge in [-0.3, -0.25) is 14.4 Å². The summed E-state index contributed by atoms with van der Waals surface area (Å²) in [5.74, 6) is -0.933. The Morgan fingerprint density at radius 1 is 0.935 bits per heavy atom. The minimum Gasteiger partial charge on any atom is -0.455 e. The molecule has 0 saturated carbocycles. The Hall–Kier alpha value is -3.15. The smallest absolute Gasteiger partial charge is 0.309 e. The minimum atomic E-state index is -0.426. The van der Waals surface area contributed by atoms with Crippen molar-refractivity contribution in [3.8, 4) is 11.1 Å². The summed E-state index contributed by atoms with van der Waals surface area (Å²) in [6, 6.07) is 17.5. The maximum absolute atomic E-state index is 12.3. The number of anilines is 1. The van der Waals surface area contributed by atoms with Gasteiger partial charge in [-0.25, -0.2) is 0 Å². The van der Waals surface area contributed by atoms with Gasteiger partial charge in [-0.05, 0) is 36.1 Å². The standard InChI is InChI=1S/C25H30N2O4/c1-25(2,3)24(30)27-15-13-20(14-16-27)23(29)31-17-22(28)26-21-11-9-19(10-12-21)18-7-5-4-6-8-18/h4-12,20H,13-17H2,1-3H3,(H,26,28). The number of amides is 2. The second-order valence-electron chi connectivity index (χ2n) is 8.92. The number of ether oxygens (including phenoxy) is 1. The van der Waals surface area contributed by atoms with Crippen LogP contribution >= 0.6 is 0 Å². The molecule has 1 aliphatic rings. The fraction of sp³-hybridized carbons (Fsp3) is 0.400. The van der Waals surface area contributed by atoms with Crippen LogP contribution in [0.3, 0.4) is 0 Å². The van der Waals surface area contributed by atoms with Crippen molar-refractivity contribution in [3.05, 3.63) is 54.6 Å². The molecule has 2 aromatic rings. The van der Waals surface area contributed by atoms with Crippen LogP contribution in [0.2, 0.25) is 0 Å². The number of carbonyl (C=O) groups is 3. The molecule has 0 bridgehead atoms. The van der Waals surface area contributed by atoms with Crippen LogP contribution in [0.25, 0.3) is 11.1 Å². The number of likely N-dealkylation sites (tertiary alicyclic amines) is 1. The second-order valence-corrected chi connectivity index (χ2v) is 8.92. The predicted molar refractivity (Wildman–Crippen MR) is 120 cm³/mol. The normalized spacial score (nSPS) is 14.7. The van der Waals surface area contributed by atoms with Gasteiger partial charge >= 0.3 is 5.97 Å². The highest BCUT2D eigenvalue weighted by Crippen LogP contribution is 2.24. The quantitative estimate of drug-likeness (QED) is 0.736. The summed E-state index contributed by atoms with van der Waals surface area (Å²) in [5.41, 5.74) is 2.38. The number of piperidine rings is 1. The molecule has 2 aromatic carbocycles. The zero-order valence-corrected chi connectivity index (χ0v) is 18.4. The fourth-order valence-electron chi connectivity index (χ4n) is 3.62. The van der Waals surface area contributed by atoms with Crippen LogP contribution in [0.1, 0.15) is 33.6 Å². The summed E-state index contributed by atoms with van der Waals surface area (Å²) in [7, 11) is 0. The van der Waals surface area contributed by atoms with Crippen molar-refractivity contribution < 1.29 is 19.1 Å². The monoisotopic (exact) mass is 422 g/mol. The molecule has 2 amide bonds. The van der Waals surface area contributed by atoms with Crippen molar-refractivity contribution in [1.29, 1.82) is 0 Å². The first kappa shape index (κ1) is 22.5. The lowest BCUT2D eigenvalue weighted by Crippen LogP contribution is -2.45. The Kier molecular flexibility index (Phi) is 7.10. The van der Waals surface area contributed by atoms with E-state index in [1.807, 2.05) is 75.4 Å². The van der Waals surface area contributed by atoms with Gasteiger partial charge in [0.1, 0.15) is 0 Å². The molecule has 1 saturated heterocycles.